The second kappa shape index (κ2) is 8.73. The van der Waals surface area contributed by atoms with E-state index in [-0.39, 0.29) is 11.8 Å². The minimum atomic E-state index is -0.365. The van der Waals surface area contributed by atoms with Crippen LogP contribution in [-0.2, 0) is 0 Å². The van der Waals surface area contributed by atoms with E-state index in [2.05, 4.69) is 10.5 Å². The first-order valence-corrected chi connectivity index (χ1v) is 7.79. The first kappa shape index (κ1) is 18.3. The van der Waals surface area contributed by atoms with Crippen molar-refractivity contribution in [1.29, 1.82) is 0 Å². The lowest BCUT2D eigenvalue weighted by Crippen LogP contribution is -2.18. The maximum Gasteiger partial charge on any atom is 0.271 e. The molecular formula is C19H22N2O4. The van der Waals surface area contributed by atoms with Crippen LogP contribution in [0.5, 0.6) is 17.2 Å². The highest BCUT2D eigenvalue weighted by atomic mass is 16.5. The quantitative estimate of drug-likeness (QED) is 0.619. The van der Waals surface area contributed by atoms with E-state index in [9.17, 15) is 4.79 Å². The maximum absolute atomic E-state index is 12.3. The number of methoxy groups -OCH3 is 3. The van der Waals surface area contributed by atoms with Crippen molar-refractivity contribution in [2.75, 3.05) is 21.3 Å². The monoisotopic (exact) mass is 342 g/mol. The molecule has 0 bridgehead atoms. The number of amides is 1. The molecule has 1 atom stereocenters. The molecule has 0 heterocycles. The van der Waals surface area contributed by atoms with Gasteiger partial charge >= 0.3 is 0 Å². The summed E-state index contributed by atoms with van der Waals surface area (Å²) >= 11 is 0. The molecule has 0 aliphatic heterocycles. The molecule has 0 aromatic heterocycles. The second-order valence-electron chi connectivity index (χ2n) is 5.33. The van der Waals surface area contributed by atoms with Gasteiger partial charge in [-0.3, -0.25) is 4.79 Å². The zero-order chi connectivity index (χ0) is 18.2. The van der Waals surface area contributed by atoms with Gasteiger partial charge in [0.1, 0.15) is 0 Å². The van der Waals surface area contributed by atoms with E-state index in [1.807, 2.05) is 37.3 Å². The van der Waals surface area contributed by atoms with Gasteiger partial charge in [-0.05, 0) is 17.7 Å². The molecule has 25 heavy (non-hydrogen) atoms. The van der Waals surface area contributed by atoms with Crippen LogP contribution in [0.3, 0.4) is 0 Å². The summed E-state index contributed by atoms with van der Waals surface area (Å²) in [5, 5.41) is 4.04. The molecule has 6 nitrogen and oxygen atoms in total. The predicted molar refractivity (Wildman–Crippen MR) is 96.9 cm³/mol. The minimum Gasteiger partial charge on any atom is -0.493 e. The molecule has 1 amide bonds. The fraction of sp³-hybridized carbons (Fsp3) is 0.263. The van der Waals surface area contributed by atoms with Gasteiger partial charge in [0.25, 0.3) is 5.91 Å². The summed E-state index contributed by atoms with van der Waals surface area (Å²) in [6.45, 7) is 2.00. The summed E-state index contributed by atoms with van der Waals surface area (Å²) in [5.41, 5.74) is 4.00. The maximum atomic E-state index is 12.3. The molecule has 2 rings (SSSR count). The van der Waals surface area contributed by atoms with Crippen LogP contribution in [0.2, 0.25) is 0 Å². The van der Waals surface area contributed by atoms with Crippen LogP contribution in [0.25, 0.3) is 0 Å². The van der Waals surface area contributed by atoms with Gasteiger partial charge in [0.05, 0.1) is 21.3 Å². The molecule has 0 unspecified atom stereocenters. The standard InChI is InChI=1S/C19H22N2O4/c1-13(14-8-6-5-7-9-14)12-20-21-19(22)15-10-16(23-2)18(25-4)17(11-15)24-3/h5-13H,1-4H3,(H,21,22)/b20-12-/t13-/m0/s1. The van der Waals surface area contributed by atoms with Crippen molar-refractivity contribution in [3.8, 4) is 17.2 Å². The van der Waals surface area contributed by atoms with Gasteiger partial charge in [0.15, 0.2) is 11.5 Å². The van der Waals surface area contributed by atoms with E-state index in [1.165, 1.54) is 21.3 Å². The van der Waals surface area contributed by atoms with Crippen molar-refractivity contribution in [3.05, 3.63) is 53.6 Å². The largest absolute Gasteiger partial charge is 0.493 e. The third kappa shape index (κ3) is 4.50. The van der Waals surface area contributed by atoms with Gasteiger partial charge in [0.2, 0.25) is 5.75 Å². The van der Waals surface area contributed by atoms with E-state index in [0.29, 0.717) is 22.8 Å². The number of benzene rings is 2. The normalized spacial score (nSPS) is 11.8. The van der Waals surface area contributed by atoms with E-state index < -0.39 is 0 Å². The molecule has 0 saturated heterocycles. The van der Waals surface area contributed by atoms with Crippen LogP contribution < -0.4 is 19.6 Å². The van der Waals surface area contributed by atoms with Crippen LogP contribution in [0.15, 0.2) is 47.6 Å². The first-order chi connectivity index (χ1) is 12.1. The smallest absolute Gasteiger partial charge is 0.271 e. The van der Waals surface area contributed by atoms with Gasteiger partial charge in [-0.2, -0.15) is 5.10 Å². The molecule has 0 aliphatic carbocycles. The number of ether oxygens (including phenoxy) is 3. The van der Waals surface area contributed by atoms with Crippen molar-refractivity contribution in [1.82, 2.24) is 5.43 Å². The Morgan fingerprint density at radius 1 is 1.04 bits per heavy atom. The molecule has 0 aliphatic rings. The number of hydrogen-bond acceptors (Lipinski definition) is 5. The average molecular weight is 342 g/mol. The summed E-state index contributed by atoms with van der Waals surface area (Å²) in [4.78, 5) is 12.3. The fourth-order valence-electron chi connectivity index (χ4n) is 2.33. The molecule has 1 N–H and O–H groups in total. The number of hydrazone groups is 1. The molecule has 0 saturated carbocycles. The van der Waals surface area contributed by atoms with Crippen LogP contribution in [-0.4, -0.2) is 33.5 Å². The number of nitrogens with zero attached hydrogens (tertiary/aromatic N) is 1. The van der Waals surface area contributed by atoms with Crippen LogP contribution in [0, 0.1) is 0 Å². The van der Waals surface area contributed by atoms with Crippen molar-refractivity contribution in [2.24, 2.45) is 5.10 Å². The van der Waals surface area contributed by atoms with Gasteiger partial charge in [-0.15, -0.1) is 0 Å². The zero-order valence-corrected chi connectivity index (χ0v) is 14.8. The number of carbonyl (C=O) groups is 1. The van der Waals surface area contributed by atoms with E-state index in [1.54, 1.807) is 18.3 Å². The Balaban J connectivity index is 2.11. The van der Waals surface area contributed by atoms with Crippen molar-refractivity contribution >= 4 is 12.1 Å². The lowest BCUT2D eigenvalue weighted by atomic mass is 10.0. The summed E-state index contributed by atoms with van der Waals surface area (Å²) in [5.74, 6) is 0.974. The van der Waals surface area contributed by atoms with Crippen LogP contribution in [0.4, 0.5) is 0 Å². The Bertz CT molecular complexity index is 719. The second-order valence-corrected chi connectivity index (χ2v) is 5.33. The van der Waals surface area contributed by atoms with E-state index in [4.69, 9.17) is 14.2 Å². The number of carbonyl (C=O) groups excluding carboxylic acids is 1. The van der Waals surface area contributed by atoms with Gasteiger partial charge in [0, 0.05) is 17.7 Å². The predicted octanol–water partition coefficient (Wildman–Crippen LogP) is 3.23. The van der Waals surface area contributed by atoms with E-state index >= 15 is 0 Å². The lowest BCUT2D eigenvalue weighted by molar-refractivity contribution is 0.0954. The summed E-state index contributed by atoms with van der Waals surface area (Å²) in [6, 6.07) is 13.1. The Kier molecular flexibility index (Phi) is 6.39. The van der Waals surface area contributed by atoms with E-state index in [0.717, 1.165) is 5.56 Å². The summed E-state index contributed by atoms with van der Waals surface area (Å²) in [7, 11) is 4.51. The molecular weight excluding hydrogens is 320 g/mol. The number of hydrogen-bond donors (Lipinski definition) is 1. The highest BCUT2D eigenvalue weighted by Gasteiger charge is 2.16. The van der Waals surface area contributed by atoms with Crippen molar-refractivity contribution < 1.29 is 19.0 Å². The minimum absolute atomic E-state index is 0.0847. The molecule has 6 heteroatoms. The molecule has 0 radical (unpaired) electrons. The molecule has 2 aromatic rings. The summed E-state index contributed by atoms with van der Waals surface area (Å²) in [6.07, 6.45) is 1.69. The SMILES string of the molecule is COc1cc(C(=O)N/N=C\[C@H](C)c2ccccc2)cc(OC)c1OC. The highest BCUT2D eigenvalue weighted by Crippen LogP contribution is 2.38. The van der Waals surface area contributed by atoms with Gasteiger partial charge < -0.3 is 14.2 Å². The third-order valence-corrected chi connectivity index (χ3v) is 3.72. The zero-order valence-electron chi connectivity index (χ0n) is 14.8. The van der Waals surface area contributed by atoms with Gasteiger partial charge in [-0.25, -0.2) is 5.43 Å². The van der Waals surface area contributed by atoms with Crippen molar-refractivity contribution in [3.63, 3.8) is 0 Å². The molecule has 0 spiro atoms. The highest BCUT2D eigenvalue weighted by molar-refractivity contribution is 5.95. The Hall–Kier alpha value is -3.02. The average Bonchev–Trinajstić information content (AvgIpc) is 2.67. The van der Waals surface area contributed by atoms with Gasteiger partial charge in [-0.1, -0.05) is 37.3 Å². The Morgan fingerprint density at radius 2 is 1.64 bits per heavy atom. The summed E-state index contributed by atoms with van der Waals surface area (Å²) < 4.78 is 15.7. The lowest BCUT2D eigenvalue weighted by Gasteiger charge is -2.13. The van der Waals surface area contributed by atoms with Crippen LogP contribution in [0.1, 0.15) is 28.8 Å². The molecule has 132 valence electrons. The topological polar surface area (TPSA) is 69.2 Å². The first-order valence-electron chi connectivity index (χ1n) is 7.79. The molecule has 2 aromatic carbocycles. The third-order valence-electron chi connectivity index (χ3n) is 3.72. The Morgan fingerprint density at radius 3 is 2.16 bits per heavy atom. The number of nitrogens with one attached hydrogen (secondary N) is 1. The van der Waals surface area contributed by atoms with Crippen LogP contribution >= 0.6 is 0 Å². The van der Waals surface area contributed by atoms with Crippen molar-refractivity contribution in [2.45, 2.75) is 12.8 Å². The number of rotatable bonds is 7. The molecule has 0 fully saturated rings. The fourth-order valence-corrected chi connectivity index (χ4v) is 2.33. The Labute approximate surface area is 147 Å².